The van der Waals surface area contributed by atoms with E-state index in [9.17, 15) is 14.4 Å². The molecule has 0 unspecified atom stereocenters. The van der Waals surface area contributed by atoms with Crippen molar-refractivity contribution in [2.45, 2.75) is 40.5 Å². The van der Waals surface area contributed by atoms with Crippen LogP contribution in [0.4, 0.5) is 5.00 Å². The highest BCUT2D eigenvalue weighted by Crippen LogP contribution is 2.34. The molecule has 146 valence electrons. The van der Waals surface area contributed by atoms with Crippen LogP contribution in [0.1, 0.15) is 75.5 Å². The first-order chi connectivity index (χ1) is 12.8. The van der Waals surface area contributed by atoms with Crippen molar-refractivity contribution in [2.24, 2.45) is 0 Å². The number of ether oxygens (including phenoxy) is 2. The van der Waals surface area contributed by atoms with Crippen molar-refractivity contribution in [1.82, 2.24) is 5.16 Å². The smallest absolute Gasteiger partial charge is 0.348 e. The normalized spacial score (nSPS) is 10.7. The van der Waals surface area contributed by atoms with Crippen LogP contribution in [0.15, 0.2) is 10.6 Å². The first-order valence-electron chi connectivity index (χ1n) is 8.55. The summed E-state index contributed by atoms with van der Waals surface area (Å²) in [6, 6.07) is 1.54. The van der Waals surface area contributed by atoms with Gasteiger partial charge in [0.15, 0.2) is 5.69 Å². The van der Waals surface area contributed by atoms with E-state index in [0.717, 1.165) is 11.3 Å². The summed E-state index contributed by atoms with van der Waals surface area (Å²) in [6.45, 7) is 9.16. The fraction of sp³-hybridized carbons (Fsp3) is 0.444. The summed E-state index contributed by atoms with van der Waals surface area (Å²) in [5.41, 5.74) is 0.610. The molecule has 0 aliphatic carbocycles. The molecule has 0 bridgehead atoms. The van der Waals surface area contributed by atoms with Crippen LogP contribution < -0.4 is 5.32 Å². The Morgan fingerprint density at radius 1 is 1.19 bits per heavy atom. The first kappa shape index (κ1) is 20.6. The van der Waals surface area contributed by atoms with E-state index < -0.39 is 17.8 Å². The van der Waals surface area contributed by atoms with Crippen LogP contribution in [-0.4, -0.2) is 36.2 Å². The van der Waals surface area contributed by atoms with Crippen LogP contribution in [-0.2, 0) is 9.47 Å². The molecule has 27 heavy (non-hydrogen) atoms. The van der Waals surface area contributed by atoms with Crippen molar-refractivity contribution in [2.75, 3.05) is 18.5 Å². The predicted molar refractivity (Wildman–Crippen MR) is 99.5 cm³/mol. The lowest BCUT2D eigenvalue weighted by Crippen LogP contribution is -2.15. The molecule has 8 nitrogen and oxygen atoms in total. The molecule has 1 N–H and O–H groups in total. The third-order valence-electron chi connectivity index (χ3n) is 3.64. The number of esters is 2. The predicted octanol–water partition coefficient (Wildman–Crippen LogP) is 3.77. The zero-order valence-electron chi connectivity index (χ0n) is 15.9. The van der Waals surface area contributed by atoms with Gasteiger partial charge in [-0.1, -0.05) is 19.0 Å². The summed E-state index contributed by atoms with van der Waals surface area (Å²) in [5.74, 6) is -1.09. The number of hydrogen-bond acceptors (Lipinski definition) is 8. The lowest BCUT2D eigenvalue weighted by molar-refractivity contribution is 0.0527. The van der Waals surface area contributed by atoms with E-state index in [1.165, 1.54) is 6.07 Å². The van der Waals surface area contributed by atoms with Gasteiger partial charge in [-0.2, -0.15) is 0 Å². The van der Waals surface area contributed by atoms with E-state index in [0.29, 0.717) is 11.3 Å². The number of thiophene rings is 1. The molecule has 0 aliphatic heterocycles. The van der Waals surface area contributed by atoms with Crippen molar-refractivity contribution >= 4 is 34.2 Å². The quantitative estimate of drug-likeness (QED) is 0.712. The van der Waals surface area contributed by atoms with Crippen molar-refractivity contribution < 1.29 is 28.4 Å². The second-order valence-electron chi connectivity index (χ2n) is 5.92. The van der Waals surface area contributed by atoms with Gasteiger partial charge >= 0.3 is 11.9 Å². The van der Waals surface area contributed by atoms with Gasteiger partial charge in [-0.3, -0.25) is 4.79 Å². The van der Waals surface area contributed by atoms with Gasteiger partial charge in [-0.25, -0.2) is 9.59 Å². The Morgan fingerprint density at radius 3 is 2.37 bits per heavy atom. The first-order valence-corrected chi connectivity index (χ1v) is 9.37. The van der Waals surface area contributed by atoms with Crippen LogP contribution in [0, 0.1) is 6.92 Å². The topological polar surface area (TPSA) is 108 Å². The minimum Gasteiger partial charge on any atom is -0.462 e. The minimum atomic E-state index is -0.625. The molecule has 0 aromatic carbocycles. The molecule has 2 aromatic heterocycles. The van der Waals surface area contributed by atoms with Gasteiger partial charge < -0.3 is 19.3 Å². The number of carbonyl (C=O) groups excluding carboxylic acids is 3. The number of nitrogens with one attached hydrogen (secondary N) is 1. The van der Waals surface area contributed by atoms with Crippen LogP contribution in [0.5, 0.6) is 0 Å². The lowest BCUT2D eigenvalue weighted by Gasteiger charge is -2.05. The maximum Gasteiger partial charge on any atom is 0.348 e. The molecule has 0 spiro atoms. The van der Waals surface area contributed by atoms with E-state index in [2.05, 4.69) is 10.5 Å². The summed E-state index contributed by atoms with van der Waals surface area (Å²) in [7, 11) is 0. The van der Waals surface area contributed by atoms with Crippen molar-refractivity contribution in [3.63, 3.8) is 0 Å². The van der Waals surface area contributed by atoms with E-state index in [-0.39, 0.29) is 40.3 Å². The second kappa shape index (κ2) is 8.81. The molecule has 2 rings (SSSR count). The van der Waals surface area contributed by atoms with Crippen LogP contribution in [0.2, 0.25) is 0 Å². The van der Waals surface area contributed by atoms with Gasteiger partial charge in [-0.05, 0) is 26.3 Å². The molecule has 0 aliphatic rings. The highest BCUT2D eigenvalue weighted by Gasteiger charge is 2.28. The molecular weight excluding hydrogens is 372 g/mol. The molecule has 1 amide bonds. The Labute approximate surface area is 160 Å². The van der Waals surface area contributed by atoms with Gasteiger partial charge in [0.1, 0.15) is 15.6 Å². The molecule has 0 saturated heterocycles. The van der Waals surface area contributed by atoms with Gasteiger partial charge in [0, 0.05) is 12.0 Å². The van der Waals surface area contributed by atoms with Gasteiger partial charge in [0.05, 0.1) is 18.8 Å². The SMILES string of the molecule is CCOC(=O)c1sc(NC(=O)c2cc(C(C)C)on2)c(C(=O)OCC)c1C. The number of carbonyl (C=O) groups is 3. The number of nitrogens with zero attached hydrogens (tertiary/aromatic N) is 1. The highest BCUT2D eigenvalue weighted by molar-refractivity contribution is 7.18. The zero-order valence-corrected chi connectivity index (χ0v) is 16.7. The van der Waals surface area contributed by atoms with Crippen molar-refractivity contribution in [3.05, 3.63) is 33.5 Å². The Bertz CT molecular complexity index is 852. The Morgan fingerprint density at radius 2 is 1.81 bits per heavy atom. The lowest BCUT2D eigenvalue weighted by atomic mass is 10.1. The molecule has 0 radical (unpaired) electrons. The number of aromatic nitrogens is 1. The van der Waals surface area contributed by atoms with Gasteiger partial charge in [0.2, 0.25) is 0 Å². The Hall–Kier alpha value is -2.68. The molecule has 2 heterocycles. The Balaban J connectivity index is 2.38. The average Bonchev–Trinajstić information content (AvgIpc) is 3.20. The molecule has 0 fully saturated rings. The van der Waals surface area contributed by atoms with Crippen molar-refractivity contribution in [3.8, 4) is 0 Å². The monoisotopic (exact) mass is 394 g/mol. The number of rotatable bonds is 7. The van der Waals surface area contributed by atoms with Crippen LogP contribution >= 0.6 is 11.3 Å². The third kappa shape index (κ3) is 4.54. The maximum atomic E-state index is 12.5. The maximum absolute atomic E-state index is 12.5. The summed E-state index contributed by atoms with van der Waals surface area (Å²) in [5, 5.41) is 6.57. The van der Waals surface area contributed by atoms with E-state index in [1.54, 1.807) is 20.8 Å². The minimum absolute atomic E-state index is 0.0774. The number of amides is 1. The molecule has 0 saturated carbocycles. The van der Waals surface area contributed by atoms with Gasteiger partial charge in [0.25, 0.3) is 5.91 Å². The summed E-state index contributed by atoms with van der Waals surface area (Å²) < 4.78 is 15.2. The largest absolute Gasteiger partial charge is 0.462 e. The van der Waals surface area contributed by atoms with Crippen LogP contribution in [0.3, 0.4) is 0 Å². The second-order valence-corrected chi connectivity index (χ2v) is 6.95. The molecule has 9 heteroatoms. The number of anilines is 1. The fourth-order valence-corrected chi connectivity index (χ4v) is 3.36. The summed E-state index contributed by atoms with van der Waals surface area (Å²) in [4.78, 5) is 37.2. The molecule has 0 atom stereocenters. The third-order valence-corrected chi connectivity index (χ3v) is 4.83. The zero-order chi connectivity index (χ0) is 20.1. The highest BCUT2D eigenvalue weighted by atomic mass is 32.1. The molecule has 2 aromatic rings. The number of hydrogen-bond donors (Lipinski definition) is 1. The van der Waals surface area contributed by atoms with Crippen LogP contribution in [0.25, 0.3) is 0 Å². The van der Waals surface area contributed by atoms with E-state index >= 15 is 0 Å². The van der Waals surface area contributed by atoms with Gasteiger partial charge in [-0.15, -0.1) is 11.3 Å². The summed E-state index contributed by atoms with van der Waals surface area (Å²) >= 11 is 0.959. The Kier molecular flexibility index (Phi) is 6.73. The molecular formula is C18H22N2O6S. The summed E-state index contributed by atoms with van der Waals surface area (Å²) in [6.07, 6.45) is 0. The fourth-order valence-electron chi connectivity index (χ4n) is 2.28. The van der Waals surface area contributed by atoms with E-state index in [1.807, 2.05) is 13.8 Å². The van der Waals surface area contributed by atoms with E-state index in [4.69, 9.17) is 14.0 Å². The van der Waals surface area contributed by atoms with Crippen molar-refractivity contribution in [1.29, 1.82) is 0 Å². The average molecular weight is 394 g/mol. The standard InChI is InChI=1S/C18H22N2O6S/c1-6-24-17(22)13-10(5)14(18(23)25-7-2)27-16(13)19-15(21)11-8-12(9(3)4)26-20-11/h8-9H,6-7H2,1-5H3,(H,19,21).